The fraction of sp³-hybridized carbons (Fsp3) is 0.417. The quantitative estimate of drug-likeness (QED) is 0.635. The van der Waals surface area contributed by atoms with Gasteiger partial charge in [-0.1, -0.05) is 0 Å². The summed E-state index contributed by atoms with van der Waals surface area (Å²) in [4.78, 5) is 34.5. The Morgan fingerprint density at radius 3 is 2.71 bits per heavy atom. The van der Waals surface area contributed by atoms with E-state index in [9.17, 15) is 14.4 Å². The van der Waals surface area contributed by atoms with Crippen molar-refractivity contribution in [3.8, 4) is 5.75 Å². The molecular weight excluding hydrogens is 300 g/mol. The van der Waals surface area contributed by atoms with E-state index in [1.165, 1.54) is 13.2 Å². The highest BCUT2D eigenvalue weighted by Gasteiger charge is 2.16. The normalized spacial score (nSPS) is 10.0. The molecule has 0 spiro atoms. The van der Waals surface area contributed by atoms with Gasteiger partial charge in [0, 0.05) is 18.5 Å². The topological polar surface area (TPSA) is 114 Å². The molecule has 21 heavy (non-hydrogen) atoms. The van der Waals surface area contributed by atoms with E-state index in [1.54, 1.807) is 6.92 Å². The van der Waals surface area contributed by atoms with E-state index >= 15 is 0 Å². The first-order valence-corrected chi connectivity index (χ1v) is 6.78. The summed E-state index contributed by atoms with van der Waals surface area (Å²) in [5.41, 5.74) is 0. The van der Waals surface area contributed by atoms with Gasteiger partial charge in [0.15, 0.2) is 11.5 Å². The largest absolute Gasteiger partial charge is 0.482 e. The van der Waals surface area contributed by atoms with E-state index in [4.69, 9.17) is 14.6 Å². The maximum atomic E-state index is 11.5. The van der Waals surface area contributed by atoms with Gasteiger partial charge in [-0.05, 0) is 13.0 Å². The fourth-order valence-electron chi connectivity index (χ4n) is 1.36. The van der Waals surface area contributed by atoms with Crippen molar-refractivity contribution in [3.63, 3.8) is 0 Å². The van der Waals surface area contributed by atoms with Crippen LogP contribution in [0, 0.1) is 6.92 Å². The molecule has 116 valence electrons. The molecule has 1 aromatic heterocycles. The van der Waals surface area contributed by atoms with Gasteiger partial charge in [0.25, 0.3) is 5.91 Å². The van der Waals surface area contributed by atoms with Crippen LogP contribution in [-0.4, -0.2) is 49.9 Å². The number of methoxy groups -OCH3 is 1. The zero-order valence-corrected chi connectivity index (χ0v) is 12.4. The summed E-state index contributed by atoms with van der Waals surface area (Å²) < 4.78 is 9.85. The van der Waals surface area contributed by atoms with Gasteiger partial charge in [-0.25, -0.2) is 9.59 Å². The monoisotopic (exact) mass is 316 g/mol. The summed E-state index contributed by atoms with van der Waals surface area (Å²) in [6, 6.07) is 0.862. The average molecular weight is 316 g/mol. The number of carbonyl (C=O) groups excluding carboxylic acids is 2. The Bertz CT molecular complexity index is 528. The summed E-state index contributed by atoms with van der Waals surface area (Å²) >= 11 is 1.05. The molecule has 0 bridgehead atoms. The first-order chi connectivity index (χ1) is 9.93. The first kappa shape index (κ1) is 16.9. The molecule has 1 heterocycles. The number of ether oxygens (including phenoxy) is 2. The number of thiophene rings is 1. The third-order valence-electron chi connectivity index (χ3n) is 2.22. The lowest BCUT2D eigenvalue weighted by molar-refractivity contribution is -0.122. The van der Waals surface area contributed by atoms with Crippen LogP contribution in [0.4, 0.5) is 4.79 Å². The Labute approximate surface area is 125 Å². The Kier molecular flexibility index (Phi) is 6.63. The molecule has 9 heteroatoms. The van der Waals surface area contributed by atoms with Crippen LogP contribution in [0.15, 0.2) is 6.07 Å². The molecule has 0 unspecified atom stereocenters. The number of carboxylic acids is 1. The number of hydrogen-bond donors (Lipinski definition) is 3. The molecular formula is C12H16N2O6S. The first-order valence-electron chi connectivity index (χ1n) is 5.97. The minimum atomic E-state index is -1.12. The molecule has 3 amide bonds. The van der Waals surface area contributed by atoms with Gasteiger partial charge in [-0.2, -0.15) is 0 Å². The third-order valence-corrected chi connectivity index (χ3v) is 3.24. The van der Waals surface area contributed by atoms with E-state index in [2.05, 4.69) is 10.6 Å². The summed E-state index contributed by atoms with van der Waals surface area (Å²) in [7, 11) is 1.49. The number of nitrogens with one attached hydrogen (secondary N) is 2. The van der Waals surface area contributed by atoms with Crippen molar-refractivity contribution in [1.29, 1.82) is 0 Å². The van der Waals surface area contributed by atoms with Gasteiger partial charge >= 0.3 is 12.0 Å². The second-order valence-electron chi connectivity index (χ2n) is 3.94. The Hall–Kier alpha value is -2.13. The zero-order valence-electron chi connectivity index (χ0n) is 11.6. The standard InChI is InChI=1S/C12H16N2O6S/c1-7-5-8(10(21-7)11(16)17)20-6-9(15)14-12(18)13-3-4-19-2/h5H,3-4,6H2,1-2H3,(H,16,17)(H2,13,14,15,18). The maximum absolute atomic E-state index is 11.5. The van der Waals surface area contributed by atoms with Gasteiger partial charge in [-0.15, -0.1) is 11.3 Å². The van der Waals surface area contributed by atoms with Crippen molar-refractivity contribution in [2.75, 3.05) is 26.9 Å². The second-order valence-corrected chi connectivity index (χ2v) is 5.20. The van der Waals surface area contributed by atoms with Gasteiger partial charge < -0.3 is 19.9 Å². The van der Waals surface area contributed by atoms with Crippen LogP contribution in [0.1, 0.15) is 14.5 Å². The van der Waals surface area contributed by atoms with Crippen LogP contribution in [0.3, 0.4) is 0 Å². The van der Waals surface area contributed by atoms with E-state index in [-0.39, 0.29) is 17.2 Å². The van der Waals surface area contributed by atoms with Crippen molar-refractivity contribution in [2.24, 2.45) is 0 Å². The predicted octanol–water partition coefficient (Wildman–Crippen LogP) is 0.606. The van der Waals surface area contributed by atoms with E-state index in [1.807, 2.05) is 0 Å². The number of carbonyl (C=O) groups is 3. The van der Waals surface area contributed by atoms with E-state index < -0.39 is 24.5 Å². The van der Waals surface area contributed by atoms with Gasteiger partial charge in [0.05, 0.1) is 6.61 Å². The van der Waals surface area contributed by atoms with E-state index in [0.717, 1.165) is 16.2 Å². The Balaban J connectivity index is 2.43. The number of imide groups is 1. The van der Waals surface area contributed by atoms with Gasteiger partial charge in [-0.3, -0.25) is 10.1 Å². The summed E-state index contributed by atoms with van der Waals surface area (Å²) in [6.07, 6.45) is 0. The molecule has 0 radical (unpaired) electrons. The molecule has 0 atom stereocenters. The molecule has 0 aliphatic carbocycles. The molecule has 1 aromatic rings. The molecule has 0 aliphatic rings. The zero-order chi connectivity index (χ0) is 15.8. The number of urea groups is 1. The maximum Gasteiger partial charge on any atom is 0.349 e. The van der Waals surface area contributed by atoms with Crippen LogP contribution in [0.2, 0.25) is 0 Å². The third kappa shape index (κ3) is 5.79. The number of carboxylic acid groups (broad SMARTS) is 1. The molecule has 0 aliphatic heterocycles. The predicted molar refractivity (Wildman–Crippen MR) is 74.9 cm³/mol. The van der Waals surface area contributed by atoms with Crippen LogP contribution >= 0.6 is 11.3 Å². The minimum absolute atomic E-state index is 0.0184. The van der Waals surface area contributed by atoms with E-state index in [0.29, 0.717) is 6.61 Å². The highest BCUT2D eigenvalue weighted by molar-refractivity contribution is 7.14. The Morgan fingerprint density at radius 1 is 1.38 bits per heavy atom. The SMILES string of the molecule is COCCNC(=O)NC(=O)COc1cc(C)sc1C(=O)O. The number of aryl methyl sites for hydroxylation is 1. The number of hydrogen-bond acceptors (Lipinski definition) is 6. The highest BCUT2D eigenvalue weighted by Crippen LogP contribution is 2.28. The number of aromatic carboxylic acids is 1. The lowest BCUT2D eigenvalue weighted by atomic mass is 10.4. The molecule has 8 nitrogen and oxygen atoms in total. The van der Waals surface area contributed by atoms with Crippen molar-refractivity contribution in [2.45, 2.75) is 6.92 Å². The van der Waals surface area contributed by atoms with Gasteiger partial charge in [0.1, 0.15) is 5.75 Å². The molecule has 0 fully saturated rings. The summed E-state index contributed by atoms with van der Waals surface area (Å²) in [5.74, 6) is -1.69. The average Bonchev–Trinajstić information content (AvgIpc) is 2.78. The molecule has 3 N–H and O–H groups in total. The van der Waals surface area contributed by atoms with Crippen molar-refractivity contribution in [1.82, 2.24) is 10.6 Å². The smallest absolute Gasteiger partial charge is 0.349 e. The van der Waals surface area contributed by atoms with Crippen LogP contribution in [0.25, 0.3) is 0 Å². The van der Waals surface area contributed by atoms with Crippen molar-refractivity contribution >= 4 is 29.2 Å². The molecule has 0 aromatic carbocycles. The summed E-state index contributed by atoms with van der Waals surface area (Å²) in [5, 5.41) is 13.4. The molecule has 0 saturated heterocycles. The number of amides is 3. The molecule has 1 rings (SSSR count). The second kappa shape index (κ2) is 8.22. The van der Waals surface area contributed by atoms with Crippen LogP contribution < -0.4 is 15.4 Å². The molecule has 0 saturated carbocycles. The Morgan fingerprint density at radius 2 is 2.10 bits per heavy atom. The summed E-state index contributed by atoms with van der Waals surface area (Å²) in [6.45, 7) is 1.87. The lowest BCUT2D eigenvalue weighted by Crippen LogP contribution is -2.42. The van der Waals surface area contributed by atoms with Crippen molar-refractivity contribution < 1.29 is 29.0 Å². The van der Waals surface area contributed by atoms with Crippen molar-refractivity contribution in [3.05, 3.63) is 15.8 Å². The number of rotatable bonds is 7. The van der Waals surface area contributed by atoms with Crippen LogP contribution in [-0.2, 0) is 9.53 Å². The minimum Gasteiger partial charge on any atom is -0.482 e. The fourth-order valence-corrected chi connectivity index (χ4v) is 2.16. The lowest BCUT2D eigenvalue weighted by Gasteiger charge is -2.07. The van der Waals surface area contributed by atoms with Gasteiger partial charge in [0.2, 0.25) is 0 Å². The highest BCUT2D eigenvalue weighted by atomic mass is 32.1. The van der Waals surface area contributed by atoms with Crippen LogP contribution in [0.5, 0.6) is 5.75 Å².